The zero-order chi connectivity index (χ0) is 47.4. The van der Waals surface area contributed by atoms with Crippen LogP contribution in [0.2, 0.25) is 0 Å². The molecule has 3 aromatic heterocycles. The van der Waals surface area contributed by atoms with E-state index in [0.717, 1.165) is 82.0 Å². The number of aromatic nitrogens is 3. The molecule has 2 fully saturated rings. The number of likely N-dealkylation sites (tertiary alicyclic amines) is 1. The lowest BCUT2D eigenvalue weighted by molar-refractivity contribution is -0.141. The zero-order valence-corrected chi connectivity index (χ0v) is 40.2. The molecule has 352 valence electrons. The average Bonchev–Trinajstić information content (AvgIpc) is 3.87. The Balaban J connectivity index is 0.000000630. The number of aryl methyl sites for hydroxylation is 1. The Kier molecular flexibility index (Phi) is 18.0. The molecule has 0 radical (unpaired) electrons. The highest BCUT2D eigenvalue weighted by molar-refractivity contribution is 7.10. The quantitative estimate of drug-likeness (QED) is 0.0788. The van der Waals surface area contributed by atoms with Crippen LogP contribution in [0.4, 0.5) is 0 Å². The number of ether oxygens (including phenoxy) is 2. The lowest BCUT2D eigenvalue weighted by Crippen LogP contribution is -2.58. The number of likely N-dealkylation sites (N-methyl/N-ethyl adjacent to an activating group) is 1. The number of nitrogens with zero attached hydrogens (tertiary/aromatic N) is 6. The summed E-state index contributed by atoms with van der Waals surface area (Å²) in [6, 6.07) is 9.46. The molecule has 2 aliphatic rings. The van der Waals surface area contributed by atoms with Gasteiger partial charge < -0.3 is 29.6 Å². The first-order valence-electron chi connectivity index (χ1n) is 22.3. The number of carbonyl (C=O) groups is 5. The van der Waals surface area contributed by atoms with Gasteiger partial charge in [-0.25, -0.2) is 10.4 Å². The van der Waals surface area contributed by atoms with Gasteiger partial charge in [-0.1, -0.05) is 40.3 Å². The highest BCUT2D eigenvalue weighted by Gasteiger charge is 2.33. The minimum Gasteiger partial charge on any atom is -0.467 e. The molecule has 0 bridgehead atoms. The molecule has 65 heavy (non-hydrogen) atoms. The molecule has 6 rings (SSSR count). The molecule has 5 heterocycles. The van der Waals surface area contributed by atoms with Gasteiger partial charge in [-0.15, -0.1) is 11.3 Å². The molecule has 3 N–H and O–H groups in total. The smallest absolute Gasteiger partial charge is 0.293 e. The van der Waals surface area contributed by atoms with E-state index in [2.05, 4.69) is 72.2 Å². The van der Waals surface area contributed by atoms with Crippen LogP contribution in [0.3, 0.4) is 0 Å². The van der Waals surface area contributed by atoms with E-state index in [9.17, 15) is 24.0 Å². The fourth-order valence-corrected chi connectivity index (χ4v) is 9.41. The number of fused-ring (bicyclic) bond motifs is 1. The summed E-state index contributed by atoms with van der Waals surface area (Å²) in [6.45, 7) is 19.7. The standard InChI is InChI=1S/C41H57N7O5S.C7H10N2O2/c1-10-47-34-16-15-28(20-30(34)31(22-41(5,6)24-53-25-49)38(47)29-14-13-17-42-36(29)27(4)52-9)33-23-54-35(44-33)21-32(40(51)48-19-12-11-18-43-48)45-39(50)37(26(2)3)46(7)8;1-2-7(11)8-6-3-9(4-6)5-10/h13-17,20,23,25-27,32,37,43H,10-12,18-19,21-22,24H2,1-9H3,(H,45,50);2,5-6H,1,3-4H2,(H,8,11). The Morgan fingerprint density at radius 1 is 1.12 bits per heavy atom. The number of hydrazine groups is 1. The molecule has 0 saturated carbocycles. The van der Waals surface area contributed by atoms with E-state index in [4.69, 9.17) is 19.4 Å². The number of methoxy groups -OCH3 is 1. The van der Waals surface area contributed by atoms with Crippen molar-refractivity contribution in [1.82, 2.24) is 45.4 Å². The number of hydrogen-bond donors (Lipinski definition) is 3. The van der Waals surface area contributed by atoms with Gasteiger partial charge in [0.15, 0.2) is 0 Å². The summed E-state index contributed by atoms with van der Waals surface area (Å²) < 4.78 is 13.4. The van der Waals surface area contributed by atoms with Crippen LogP contribution >= 0.6 is 11.3 Å². The topological polar surface area (TPSA) is 180 Å². The molecule has 17 heteroatoms. The van der Waals surface area contributed by atoms with Gasteiger partial charge in [0.2, 0.25) is 18.2 Å². The summed E-state index contributed by atoms with van der Waals surface area (Å²) in [5.41, 5.74) is 9.73. The van der Waals surface area contributed by atoms with Gasteiger partial charge in [-0.05, 0) is 89.0 Å². The van der Waals surface area contributed by atoms with E-state index in [0.29, 0.717) is 32.5 Å². The van der Waals surface area contributed by atoms with Crippen molar-refractivity contribution in [2.45, 2.75) is 98.0 Å². The summed E-state index contributed by atoms with van der Waals surface area (Å²) in [5, 5.41) is 11.3. The second kappa shape index (κ2) is 23.1. The Morgan fingerprint density at radius 3 is 2.49 bits per heavy atom. The van der Waals surface area contributed by atoms with Crippen LogP contribution < -0.4 is 16.1 Å². The van der Waals surface area contributed by atoms with Gasteiger partial charge in [0.05, 0.1) is 46.9 Å². The second-order valence-corrected chi connectivity index (χ2v) is 18.9. The monoisotopic (exact) mass is 913 g/mol. The Bertz CT molecular complexity index is 2270. The van der Waals surface area contributed by atoms with E-state index in [-0.39, 0.29) is 60.3 Å². The molecule has 2 saturated heterocycles. The van der Waals surface area contributed by atoms with Gasteiger partial charge in [-0.3, -0.25) is 38.9 Å². The summed E-state index contributed by atoms with van der Waals surface area (Å²) in [7, 11) is 5.46. The molecular formula is C48H67N9O7S. The minimum atomic E-state index is -0.766. The van der Waals surface area contributed by atoms with Crippen molar-refractivity contribution in [2.75, 3.05) is 54.0 Å². The third kappa shape index (κ3) is 12.7. The van der Waals surface area contributed by atoms with Crippen LogP contribution in [-0.2, 0) is 52.8 Å². The second-order valence-electron chi connectivity index (χ2n) is 18.0. The van der Waals surface area contributed by atoms with Gasteiger partial charge >= 0.3 is 0 Å². The molecule has 16 nitrogen and oxygen atoms in total. The van der Waals surface area contributed by atoms with Crippen LogP contribution in [0, 0.1) is 11.3 Å². The third-order valence-corrected chi connectivity index (χ3v) is 12.7. The van der Waals surface area contributed by atoms with Crippen molar-refractivity contribution in [1.29, 1.82) is 0 Å². The molecule has 1 aromatic carbocycles. The molecule has 3 unspecified atom stereocenters. The van der Waals surface area contributed by atoms with Gasteiger partial charge in [0.1, 0.15) is 6.04 Å². The lowest BCUT2D eigenvalue weighted by atomic mass is 9.84. The number of nitrogens with one attached hydrogen (secondary N) is 3. The first-order chi connectivity index (χ1) is 31.1. The maximum absolute atomic E-state index is 13.9. The van der Waals surface area contributed by atoms with Crippen LogP contribution in [0.1, 0.15) is 76.8 Å². The van der Waals surface area contributed by atoms with Crippen molar-refractivity contribution in [3.05, 3.63) is 70.8 Å². The molecule has 4 aromatic rings. The highest BCUT2D eigenvalue weighted by Crippen LogP contribution is 2.42. The SMILES string of the molecule is C=CC(=O)NC1CN(C=O)C1.CCn1c(-c2cccnc2C(C)OC)c(CC(C)(C)COC=O)c2cc(-c3csc(CC(NC(=O)C(C(C)C)N(C)C)C(=O)N4CCCCN4)n3)ccc21. The number of amides is 4. The van der Waals surface area contributed by atoms with Crippen molar-refractivity contribution >= 4 is 52.8 Å². The number of pyridine rings is 1. The van der Waals surface area contributed by atoms with Crippen molar-refractivity contribution in [3.63, 3.8) is 0 Å². The Morgan fingerprint density at radius 2 is 1.88 bits per heavy atom. The number of hydrogen-bond acceptors (Lipinski definition) is 12. The summed E-state index contributed by atoms with van der Waals surface area (Å²) in [6.07, 6.45) is 6.40. The maximum Gasteiger partial charge on any atom is 0.293 e. The average molecular weight is 914 g/mol. The first-order valence-corrected chi connectivity index (χ1v) is 23.2. The molecule has 4 amide bonds. The van der Waals surface area contributed by atoms with E-state index in [1.54, 1.807) is 23.2 Å². The lowest BCUT2D eigenvalue weighted by Gasteiger charge is -2.36. The van der Waals surface area contributed by atoms with Gasteiger partial charge in [0.25, 0.3) is 12.4 Å². The number of benzene rings is 1. The summed E-state index contributed by atoms with van der Waals surface area (Å²) >= 11 is 1.49. The summed E-state index contributed by atoms with van der Waals surface area (Å²) in [5.74, 6) is -0.441. The van der Waals surface area contributed by atoms with E-state index >= 15 is 0 Å². The Hall–Kier alpha value is -5.49. The predicted octanol–water partition coefficient (Wildman–Crippen LogP) is 5.17. The Labute approximate surface area is 387 Å². The van der Waals surface area contributed by atoms with E-state index in [1.165, 1.54) is 17.4 Å². The number of rotatable bonds is 20. The normalized spacial score (nSPS) is 15.7. The first kappa shape index (κ1) is 50.5. The molecule has 0 spiro atoms. The van der Waals surface area contributed by atoms with Crippen molar-refractivity contribution < 1.29 is 33.4 Å². The minimum absolute atomic E-state index is 0.0643. The molecular weight excluding hydrogens is 847 g/mol. The zero-order valence-electron chi connectivity index (χ0n) is 39.4. The van der Waals surface area contributed by atoms with Crippen LogP contribution in [0.25, 0.3) is 33.4 Å². The molecule has 0 aliphatic carbocycles. The van der Waals surface area contributed by atoms with Crippen LogP contribution in [-0.4, -0.2) is 132 Å². The number of carbonyl (C=O) groups excluding carboxylic acids is 5. The highest BCUT2D eigenvalue weighted by atomic mass is 32.1. The van der Waals surface area contributed by atoms with Crippen molar-refractivity contribution in [3.8, 4) is 22.5 Å². The van der Waals surface area contributed by atoms with E-state index in [1.807, 2.05) is 51.2 Å². The molecule has 3 atom stereocenters. The van der Waals surface area contributed by atoms with Gasteiger partial charge in [0, 0.05) is 85.3 Å². The van der Waals surface area contributed by atoms with Crippen LogP contribution in [0.15, 0.2) is 54.6 Å². The van der Waals surface area contributed by atoms with Crippen LogP contribution in [0.5, 0.6) is 0 Å². The molecule has 2 aliphatic heterocycles. The third-order valence-electron chi connectivity index (χ3n) is 11.8. The van der Waals surface area contributed by atoms with Gasteiger partial charge in [-0.2, -0.15) is 0 Å². The predicted molar refractivity (Wildman–Crippen MR) is 254 cm³/mol. The van der Waals surface area contributed by atoms with E-state index < -0.39 is 6.04 Å². The van der Waals surface area contributed by atoms with Crippen molar-refractivity contribution in [2.24, 2.45) is 11.3 Å². The largest absolute Gasteiger partial charge is 0.467 e. The maximum atomic E-state index is 13.9. The summed E-state index contributed by atoms with van der Waals surface area (Å²) in [4.78, 5) is 72.7. The fraction of sp³-hybridized carbons (Fsp3) is 0.521. The fourth-order valence-electron chi connectivity index (χ4n) is 8.56. The number of thiazole rings is 1.